The van der Waals surface area contributed by atoms with Crippen LogP contribution in [0.3, 0.4) is 0 Å². The normalized spacial score (nSPS) is 16.6. The van der Waals surface area contributed by atoms with Crippen LogP contribution < -0.4 is 4.90 Å². The zero-order chi connectivity index (χ0) is 14.7. The quantitative estimate of drug-likeness (QED) is 0.935. The minimum atomic E-state index is 0.0613. The molecule has 0 atom stereocenters. The van der Waals surface area contributed by atoms with E-state index in [0.717, 1.165) is 48.5 Å². The number of pyridine rings is 1. The van der Waals surface area contributed by atoms with Crippen LogP contribution in [0.25, 0.3) is 10.9 Å². The minimum absolute atomic E-state index is 0.0613. The first-order chi connectivity index (χ1) is 10.3. The number of aliphatic hydroxyl groups excluding tert-OH is 1. The van der Waals surface area contributed by atoms with E-state index in [0.29, 0.717) is 0 Å². The van der Waals surface area contributed by atoms with E-state index in [1.165, 1.54) is 13.0 Å². The van der Waals surface area contributed by atoms with Crippen molar-refractivity contribution in [2.75, 3.05) is 37.6 Å². The van der Waals surface area contributed by atoms with Gasteiger partial charge in [-0.1, -0.05) is 25.1 Å². The lowest BCUT2D eigenvalue weighted by Gasteiger charge is -2.35. The number of rotatable bonds is 4. The summed E-state index contributed by atoms with van der Waals surface area (Å²) < 4.78 is 0. The van der Waals surface area contributed by atoms with E-state index < -0.39 is 0 Å². The molecule has 1 N–H and O–H groups in total. The third-order valence-electron chi connectivity index (χ3n) is 4.19. The van der Waals surface area contributed by atoms with Crippen LogP contribution in [0, 0.1) is 0 Å². The molecule has 1 aliphatic heterocycles. The topological polar surface area (TPSA) is 39.6 Å². The van der Waals surface area contributed by atoms with E-state index in [1.807, 2.05) is 30.3 Å². The molecule has 0 amide bonds. The van der Waals surface area contributed by atoms with Crippen molar-refractivity contribution >= 4 is 16.7 Å². The van der Waals surface area contributed by atoms with Gasteiger partial charge in [0, 0.05) is 31.6 Å². The molecule has 1 saturated heterocycles. The number of aliphatic hydroxyl groups is 1. The van der Waals surface area contributed by atoms with Gasteiger partial charge in [0.1, 0.15) is 5.82 Å². The van der Waals surface area contributed by atoms with Gasteiger partial charge in [-0.15, -0.1) is 0 Å². The van der Waals surface area contributed by atoms with Gasteiger partial charge in [0.05, 0.1) is 12.1 Å². The average molecular weight is 285 g/mol. The Morgan fingerprint density at radius 3 is 2.62 bits per heavy atom. The minimum Gasteiger partial charge on any atom is -0.392 e. The van der Waals surface area contributed by atoms with E-state index in [1.54, 1.807) is 0 Å². The van der Waals surface area contributed by atoms with Crippen LogP contribution in [0.2, 0.25) is 0 Å². The number of hydrogen-bond acceptors (Lipinski definition) is 4. The lowest BCUT2D eigenvalue weighted by molar-refractivity contribution is 0.258. The van der Waals surface area contributed by atoms with Gasteiger partial charge in [0.15, 0.2) is 0 Å². The molecule has 1 aliphatic rings. The molecular formula is C17H23N3O. The molecule has 1 fully saturated rings. The number of aromatic nitrogens is 1. The van der Waals surface area contributed by atoms with Gasteiger partial charge < -0.3 is 10.0 Å². The van der Waals surface area contributed by atoms with Crippen molar-refractivity contribution in [3.8, 4) is 0 Å². The Hall–Kier alpha value is -1.65. The van der Waals surface area contributed by atoms with E-state index in [2.05, 4.69) is 16.7 Å². The Labute approximate surface area is 126 Å². The number of hydrogen-bond donors (Lipinski definition) is 1. The first kappa shape index (κ1) is 14.3. The summed E-state index contributed by atoms with van der Waals surface area (Å²) in [6.45, 7) is 7.68. The Bertz CT molecular complexity index is 606. The van der Waals surface area contributed by atoms with Gasteiger partial charge in [-0.2, -0.15) is 0 Å². The van der Waals surface area contributed by atoms with E-state index in [4.69, 9.17) is 4.98 Å². The summed E-state index contributed by atoms with van der Waals surface area (Å²) in [5.41, 5.74) is 1.93. The van der Waals surface area contributed by atoms with Crippen molar-refractivity contribution in [1.29, 1.82) is 0 Å². The molecule has 21 heavy (non-hydrogen) atoms. The zero-order valence-electron chi connectivity index (χ0n) is 12.6. The zero-order valence-corrected chi connectivity index (χ0v) is 12.6. The first-order valence-corrected chi connectivity index (χ1v) is 7.78. The van der Waals surface area contributed by atoms with Gasteiger partial charge in [0.2, 0.25) is 0 Å². The maximum absolute atomic E-state index is 9.62. The van der Waals surface area contributed by atoms with Crippen LogP contribution in [0.5, 0.6) is 0 Å². The fourth-order valence-corrected chi connectivity index (χ4v) is 3.04. The molecule has 112 valence electrons. The molecule has 1 aromatic carbocycles. The molecule has 2 heterocycles. The number of nitrogens with zero attached hydrogens (tertiary/aromatic N) is 3. The van der Waals surface area contributed by atoms with Crippen LogP contribution in [-0.4, -0.2) is 47.7 Å². The third-order valence-corrected chi connectivity index (χ3v) is 4.19. The number of piperazine rings is 1. The molecular weight excluding hydrogens is 262 g/mol. The van der Waals surface area contributed by atoms with Crippen molar-refractivity contribution in [2.24, 2.45) is 0 Å². The number of benzene rings is 1. The van der Waals surface area contributed by atoms with Gasteiger partial charge in [-0.05, 0) is 30.7 Å². The highest BCUT2D eigenvalue weighted by atomic mass is 16.3. The summed E-state index contributed by atoms with van der Waals surface area (Å²) in [7, 11) is 0. The molecule has 0 spiro atoms. The number of para-hydroxylation sites is 1. The van der Waals surface area contributed by atoms with Crippen LogP contribution in [-0.2, 0) is 6.61 Å². The maximum atomic E-state index is 9.62. The Morgan fingerprint density at radius 2 is 1.90 bits per heavy atom. The fourth-order valence-electron chi connectivity index (χ4n) is 3.04. The number of anilines is 1. The summed E-state index contributed by atoms with van der Waals surface area (Å²) in [6.07, 6.45) is 1.21. The molecule has 0 bridgehead atoms. The van der Waals surface area contributed by atoms with Crippen LogP contribution in [0.4, 0.5) is 5.82 Å². The molecule has 4 nitrogen and oxygen atoms in total. The van der Waals surface area contributed by atoms with E-state index in [9.17, 15) is 5.11 Å². The summed E-state index contributed by atoms with van der Waals surface area (Å²) in [5, 5.41) is 10.7. The molecule has 3 rings (SSSR count). The largest absolute Gasteiger partial charge is 0.392 e. The molecule has 0 aliphatic carbocycles. The highest BCUT2D eigenvalue weighted by molar-refractivity contribution is 5.84. The highest BCUT2D eigenvalue weighted by Crippen LogP contribution is 2.23. The standard InChI is InChI=1S/C17H23N3O/c1-2-7-19-8-10-20(11-9-19)17-12-14(13-21)15-5-3-4-6-16(15)18-17/h3-6,12,21H,2,7-11,13H2,1H3. The second-order valence-electron chi connectivity index (χ2n) is 5.64. The van der Waals surface area contributed by atoms with Crippen molar-refractivity contribution < 1.29 is 5.11 Å². The van der Waals surface area contributed by atoms with Gasteiger partial charge in [0.25, 0.3) is 0 Å². The number of fused-ring (bicyclic) bond motifs is 1. The van der Waals surface area contributed by atoms with Crippen molar-refractivity contribution in [3.63, 3.8) is 0 Å². The van der Waals surface area contributed by atoms with Crippen LogP contribution >= 0.6 is 0 Å². The molecule has 0 saturated carbocycles. The van der Waals surface area contributed by atoms with Crippen molar-refractivity contribution in [3.05, 3.63) is 35.9 Å². The second-order valence-corrected chi connectivity index (χ2v) is 5.64. The molecule has 0 unspecified atom stereocenters. The van der Waals surface area contributed by atoms with Crippen molar-refractivity contribution in [1.82, 2.24) is 9.88 Å². The lowest BCUT2D eigenvalue weighted by atomic mass is 10.1. The highest BCUT2D eigenvalue weighted by Gasteiger charge is 2.18. The van der Waals surface area contributed by atoms with Crippen molar-refractivity contribution in [2.45, 2.75) is 20.0 Å². The molecule has 4 heteroatoms. The smallest absolute Gasteiger partial charge is 0.129 e. The Kier molecular flexibility index (Phi) is 4.36. The van der Waals surface area contributed by atoms with E-state index >= 15 is 0 Å². The summed E-state index contributed by atoms with van der Waals surface area (Å²) >= 11 is 0. The predicted molar refractivity (Wildman–Crippen MR) is 86.6 cm³/mol. The SMILES string of the molecule is CCCN1CCN(c2cc(CO)c3ccccc3n2)CC1. The average Bonchev–Trinajstić information content (AvgIpc) is 2.55. The molecule has 1 aromatic heterocycles. The van der Waals surface area contributed by atoms with Crippen LogP contribution in [0.1, 0.15) is 18.9 Å². The monoisotopic (exact) mass is 285 g/mol. The van der Waals surface area contributed by atoms with Gasteiger partial charge >= 0.3 is 0 Å². The maximum Gasteiger partial charge on any atom is 0.129 e. The van der Waals surface area contributed by atoms with Crippen LogP contribution in [0.15, 0.2) is 30.3 Å². The van der Waals surface area contributed by atoms with E-state index in [-0.39, 0.29) is 6.61 Å². The lowest BCUT2D eigenvalue weighted by Crippen LogP contribution is -2.46. The summed E-state index contributed by atoms with van der Waals surface area (Å²) in [4.78, 5) is 9.61. The predicted octanol–water partition coefficient (Wildman–Crippen LogP) is 2.26. The summed E-state index contributed by atoms with van der Waals surface area (Å²) in [5.74, 6) is 0.994. The molecule has 0 radical (unpaired) electrons. The second kappa shape index (κ2) is 6.41. The summed E-state index contributed by atoms with van der Waals surface area (Å²) in [6, 6.07) is 10.1. The van der Waals surface area contributed by atoms with Gasteiger partial charge in [-0.3, -0.25) is 4.90 Å². The molecule has 2 aromatic rings. The fraction of sp³-hybridized carbons (Fsp3) is 0.471. The third kappa shape index (κ3) is 3.01. The Balaban J connectivity index is 1.84. The Morgan fingerprint density at radius 1 is 1.14 bits per heavy atom. The van der Waals surface area contributed by atoms with Gasteiger partial charge in [-0.25, -0.2) is 4.98 Å². The first-order valence-electron chi connectivity index (χ1n) is 7.78.